The molecule has 1 atom stereocenters. The van der Waals surface area contributed by atoms with E-state index >= 15 is 0 Å². The summed E-state index contributed by atoms with van der Waals surface area (Å²) in [4.78, 5) is 38.9. The number of nitrogens with one attached hydrogen (secondary N) is 1. The van der Waals surface area contributed by atoms with E-state index in [0.29, 0.717) is 42.0 Å². The van der Waals surface area contributed by atoms with E-state index in [1.807, 2.05) is 18.2 Å². The number of ether oxygens (including phenoxy) is 3. The summed E-state index contributed by atoms with van der Waals surface area (Å²) in [6, 6.07) is 34.9. The van der Waals surface area contributed by atoms with Gasteiger partial charge in [-0.3, -0.25) is 0 Å². The molecule has 0 radical (unpaired) electrons. The van der Waals surface area contributed by atoms with E-state index < -0.39 is 17.9 Å². The van der Waals surface area contributed by atoms with Gasteiger partial charge in [-0.1, -0.05) is 78.3 Å². The molecule has 6 rings (SSSR count). The Labute approximate surface area is 265 Å². The Hall–Kier alpha value is -5.24. The summed E-state index contributed by atoms with van der Waals surface area (Å²) in [5.41, 5.74) is 3.66. The number of fused-ring (bicyclic) bond motifs is 1. The van der Waals surface area contributed by atoms with Crippen LogP contribution in [-0.4, -0.2) is 31.0 Å². The van der Waals surface area contributed by atoms with Gasteiger partial charge in [0, 0.05) is 12.5 Å². The fourth-order valence-corrected chi connectivity index (χ4v) is 5.57. The van der Waals surface area contributed by atoms with Gasteiger partial charge in [0.2, 0.25) is 0 Å². The molecule has 0 spiro atoms. The summed E-state index contributed by atoms with van der Waals surface area (Å²) in [6.07, 6.45) is 0.556. The highest BCUT2D eigenvalue weighted by Crippen LogP contribution is 2.45. The minimum Gasteiger partial charge on any atom is -0.423 e. The minimum absolute atomic E-state index is 0.0163. The molecule has 0 aliphatic carbocycles. The first-order valence-corrected chi connectivity index (χ1v) is 14.8. The molecule has 1 heterocycles. The molecule has 0 saturated heterocycles. The molecule has 5 aromatic rings. The molecule has 0 aromatic heterocycles. The third-order valence-corrected chi connectivity index (χ3v) is 7.92. The molecule has 224 valence electrons. The fraction of sp³-hybridized carbons (Fsp3) is 0.108. The highest BCUT2D eigenvalue weighted by molar-refractivity contribution is 6.33. The van der Waals surface area contributed by atoms with Crippen molar-refractivity contribution in [1.29, 1.82) is 0 Å². The van der Waals surface area contributed by atoms with E-state index in [0.717, 1.165) is 16.7 Å². The van der Waals surface area contributed by atoms with Gasteiger partial charge >= 0.3 is 17.9 Å². The first-order chi connectivity index (χ1) is 22.0. The van der Waals surface area contributed by atoms with E-state index in [9.17, 15) is 14.4 Å². The molecule has 0 bridgehead atoms. The normalized spacial score (nSPS) is 14.0. The Balaban J connectivity index is 1.36. The number of rotatable bonds is 7. The van der Waals surface area contributed by atoms with Gasteiger partial charge in [-0.15, -0.1) is 0 Å². The second kappa shape index (κ2) is 13.6. The topological polar surface area (TPSA) is 90.9 Å². The predicted octanol–water partition coefficient (Wildman–Crippen LogP) is 7.28. The molecular weight excluding hydrogens is 590 g/mol. The molecule has 0 saturated carbocycles. The van der Waals surface area contributed by atoms with Crippen LogP contribution in [0.25, 0.3) is 0 Å². The van der Waals surface area contributed by atoms with Gasteiger partial charge in [0.15, 0.2) is 11.5 Å². The van der Waals surface area contributed by atoms with Crippen molar-refractivity contribution in [2.24, 2.45) is 0 Å². The highest BCUT2D eigenvalue weighted by Gasteiger charge is 2.29. The Morgan fingerprint density at radius 2 is 1.16 bits per heavy atom. The van der Waals surface area contributed by atoms with Crippen LogP contribution in [0.15, 0.2) is 121 Å². The van der Waals surface area contributed by atoms with Crippen LogP contribution in [0.3, 0.4) is 0 Å². The minimum atomic E-state index is -0.626. The second-order valence-corrected chi connectivity index (χ2v) is 10.8. The molecule has 7 nitrogen and oxygen atoms in total. The zero-order valence-electron chi connectivity index (χ0n) is 24.1. The third kappa shape index (κ3) is 6.80. The number of halogens is 1. The van der Waals surface area contributed by atoms with Crippen LogP contribution in [-0.2, 0) is 6.42 Å². The molecule has 1 aliphatic rings. The fourth-order valence-electron chi connectivity index (χ4n) is 5.24. The van der Waals surface area contributed by atoms with Gasteiger partial charge in [0.25, 0.3) is 0 Å². The van der Waals surface area contributed by atoms with Crippen LogP contribution < -0.4 is 19.5 Å². The van der Waals surface area contributed by atoms with E-state index in [1.165, 1.54) is 0 Å². The number of carbonyl (C=O) groups is 3. The average Bonchev–Trinajstić information content (AvgIpc) is 3.30. The smallest absolute Gasteiger partial charge is 0.343 e. The van der Waals surface area contributed by atoms with Crippen molar-refractivity contribution in [3.63, 3.8) is 0 Å². The van der Waals surface area contributed by atoms with E-state index in [1.54, 1.807) is 103 Å². The summed E-state index contributed by atoms with van der Waals surface area (Å²) in [7, 11) is 0. The van der Waals surface area contributed by atoms with Gasteiger partial charge in [-0.2, -0.15) is 0 Å². The van der Waals surface area contributed by atoms with E-state index in [4.69, 9.17) is 25.8 Å². The Bertz CT molecular complexity index is 1830. The summed E-state index contributed by atoms with van der Waals surface area (Å²) in [5.74, 6) is -1.46. The van der Waals surface area contributed by atoms with Gasteiger partial charge in [0.05, 0.1) is 21.7 Å². The summed E-state index contributed by atoms with van der Waals surface area (Å²) in [6.45, 7) is 1.20. The molecule has 45 heavy (non-hydrogen) atoms. The van der Waals surface area contributed by atoms with Crippen molar-refractivity contribution in [2.45, 2.75) is 12.3 Å². The quantitative estimate of drug-likeness (QED) is 0.152. The van der Waals surface area contributed by atoms with Crippen molar-refractivity contribution in [1.82, 2.24) is 5.32 Å². The van der Waals surface area contributed by atoms with Crippen molar-refractivity contribution in [3.8, 4) is 17.2 Å². The van der Waals surface area contributed by atoms with Crippen LogP contribution in [0.5, 0.6) is 17.2 Å². The maximum Gasteiger partial charge on any atom is 0.343 e. The predicted molar refractivity (Wildman–Crippen MR) is 171 cm³/mol. The van der Waals surface area contributed by atoms with Crippen LogP contribution in [0.4, 0.5) is 0 Å². The number of hydrogen-bond donors (Lipinski definition) is 1. The molecule has 1 aliphatic heterocycles. The monoisotopic (exact) mass is 617 g/mol. The lowest BCUT2D eigenvalue weighted by Gasteiger charge is -2.22. The molecule has 5 aromatic carbocycles. The first-order valence-electron chi connectivity index (χ1n) is 14.5. The Morgan fingerprint density at radius 3 is 1.71 bits per heavy atom. The van der Waals surface area contributed by atoms with Crippen molar-refractivity contribution in [3.05, 3.63) is 160 Å². The molecule has 0 fully saturated rings. The Morgan fingerprint density at radius 1 is 0.644 bits per heavy atom. The average molecular weight is 618 g/mol. The molecule has 0 amide bonds. The van der Waals surface area contributed by atoms with Crippen molar-refractivity contribution < 1.29 is 28.6 Å². The molecule has 8 heteroatoms. The zero-order valence-corrected chi connectivity index (χ0v) is 24.8. The third-order valence-electron chi connectivity index (χ3n) is 7.52. The standard InChI is InChI=1S/C37H28ClNO6/c38-33-29-20-21-39-23-31(24-16-18-28(19-17-24)43-35(40)25-10-4-1-5-11-25)30(29)22-32(44-36(41)26-12-6-2-7-13-26)34(33)45-37(42)27-14-8-3-9-15-27/h1-19,22,31,39H,20-21,23H2. The zero-order chi connectivity index (χ0) is 31.2. The van der Waals surface area contributed by atoms with Gasteiger partial charge in [-0.05, 0) is 84.3 Å². The number of hydrogen-bond acceptors (Lipinski definition) is 7. The van der Waals surface area contributed by atoms with E-state index in [2.05, 4.69) is 5.32 Å². The summed E-state index contributed by atoms with van der Waals surface area (Å²) in [5, 5.41) is 3.65. The van der Waals surface area contributed by atoms with Crippen LogP contribution in [0, 0.1) is 0 Å². The highest BCUT2D eigenvalue weighted by atomic mass is 35.5. The number of benzene rings is 5. The molecule has 1 N–H and O–H groups in total. The van der Waals surface area contributed by atoms with Gasteiger partial charge < -0.3 is 19.5 Å². The van der Waals surface area contributed by atoms with Crippen LogP contribution >= 0.6 is 11.6 Å². The maximum atomic E-state index is 13.2. The van der Waals surface area contributed by atoms with Gasteiger partial charge in [0.1, 0.15) is 5.75 Å². The largest absolute Gasteiger partial charge is 0.423 e. The second-order valence-electron chi connectivity index (χ2n) is 10.4. The number of carbonyl (C=O) groups excluding carboxylic acids is 3. The lowest BCUT2D eigenvalue weighted by molar-refractivity contribution is 0.0682. The molecule has 1 unspecified atom stereocenters. The lowest BCUT2D eigenvalue weighted by atomic mass is 9.87. The van der Waals surface area contributed by atoms with Gasteiger partial charge in [-0.25, -0.2) is 14.4 Å². The summed E-state index contributed by atoms with van der Waals surface area (Å²) < 4.78 is 17.3. The Kier molecular flexibility index (Phi) is 9.01. The summed E-state index contributed by atoms with van der Waals surface area (Å²) >= 11 is 7.01. The lowest BCUT2D eigenvalue weighted by Crippen LogP contribution is -2.21. The van der Waals surface area contributed by atoms with Crippen LogP contribution in [0.2, 0.25) is 5.02 Å². The SMILES string of the molecule is O=C(Oc1ccc(C2CNCCc3c2cc(OC(=O)c2ccccc2)c(OC(=O)c2ccccc2)c3Cl)cc1)c1ccccc1. The maximum absolute atomic E-state index is 13.2. The molecular formula is C37H28ClNO6. The number of esters is 3. The van der Waals surface area contributed by atoms with Crippen LogP contribution in [0.1, 0.15) is 53.7 Å². The van der Waals surface area contributed by atoms with E-state index in [-0.39, 0.29) is 22.4 Å². The first kappa shape index (κ1) is 29.8. The van der Waals surface area contributed by atoms with Crippen molar-refractivity contribution in [2.75, 3.05) is 13.1 Å². The van der Waals surface area contributed by atoms with Crippen molar-refractivity contribution >= 4 is 29.5 Å².